The molecule has 4 N–H and O–H groups in total. The number of amidine groups is 2. The lowest BCUT2D eigenvalue weighted by Crippen LogP contribution is -2.29. The van der Waals surface area contributed by atoms with Crippen LogP contribution in [0.25, 0.3) is 22.4 Å². The Labute approximate surface area is 314 Å². The summed E-state index contributed by atoms with van der Waals surface area (Å²) in [5.41, 5.74) is 16.0. The van der Waals surface area contributed by atoms with Gasteiger partial charge < -0.3 is 15.0 Å². The van der Waals surface area contributed by atoms with E-state index in [-0.39, 0.29) is 0 Å². The van der Waals surface area contributed by atoms with Gasteiger partial charge in [-0.25, -0.2) is 20.9 Å². The lowest BCUT2D eigenvalue weighted by Gasteiger charge is -2.25. The first-order valence-electron chi connectivity index (χ1n) is 19.1. The van der Waals surface area contributed by atoms with Gasteiger partial charge in [-0.2, -0.15) is 0 Å². The molecule has 2 aliphatic rings. The zero-order valence-electron chi connectivity index (χ0n) is 31.6. The monoisotopic (exact) mass is 710 g/mol. The van der Waals surface area contributed by atoms with Crippen molar-refractivity contribution in [3.63, 3.8) is 0 Å². The molecule has 0 unspecified atom stereocenters. The zero-order chi connectivity index (χ0) is 37.2. The number of imidazole rings is 1. The van der Waals surface area contributed by atoms with E-state index in [1.807, 2.05) is 31.2 Å². The van der Waals surface area contributed by atoms with Crippen LogP contribution in [-0.2, 0) is 24.1 Å². The summed E-state index contributed by atoms with van der Waals surface area (Å²) in [5, 5.41) is 5.94. The third-order valence-electron chi connectivity index (χ3n) is 10.2. The van der Waals surface area contributed by atoms with Gasteiger partial charge >= 0.3 is 0 Å². The fourth-order valence-corrected chi connectivity index (χ4v) is 7.36. The predicted octanol–water partition coefficient (Wildman–Crippen LogP) is 9.00. The molecule has 1 aromatic heterocycles. The molecule has 1 aliphatic carbocycles. The van der Waals surface area contributed by atoms with E-state index >= 15 is 0 Å². The highest BCUT2D eigenvalue weighted by molar-refractivity contribution is 6.14. The molecule has 2 heterocycles. The number of fused-ring (bicyclic) bond motifs is 1. The van der Waals surface area contributed by atoms with Crippen LogP contribution in [0.1, 0.15) is 93.5 Å². The van der Waals surface area contributed by atoms with Crippen LogP contribution in [0.15, 0.2) is 118 Å². The van der Waals surface area contributed by atoms with Gasteiger partial charge in [-0.1, -0.05) is 99.9 Å². The maximum atomic E-state index is 6.53. The van der Waals surface area contributed by atoms with E-state index in [1.165, 1.54) is 48.3 Å². The average molecular weight is 711 g/mol. The Balaban J connectivity index is 1.18. The molecule has 9 nitrogen and oxygen atoms in total. The van der Waals surface area contributed by atoms with Crippen LogP contribution in [0, 0.1) is 0 Å². The minimum atomic E-state index is 0.365. The molecule has 4 aromatic rings. The molecule has 3 aromatic carbocycles. The Morgan fingerprint density at radius 3 is 2.40 bits per heavy atom. The summed E-state index contributed by atoms with van der Waals surface area (Å²) in [4.78, 5) is 14.8. The minimum Gasteiger partial charge on any atom is -0.496 e. The molecule has 0 saturated heterocycles. The highest BCUT2D eigenvalue weighted by Crippen LogP contribution is 2.36. The quantitative estimate of drug-likeness (QED) is 0.0300. The molecule has 276 valence electrons. The van der Waals surface area contributed by atoms with Crippen molar-refractivity contribution in [2.45, 2.75) is 90.6 Å². The van der Waals surface area contributed by atoms with Gasteiger partial charge in [0.2, 0.25) is 0 Å². The molecule has 0 bridgehead atoms. The zero-order valence-corrected chi connectivity index (χ0v) is 31.6. The largest absolute Gasteiger partial charge is 0.496 e. The minimum absolute atomic E-state index is 0.365. The molecule has 1 saturated carbocycles. The lowest BCUT2D eigenvalue weighted by molar-refractivity contribution is 0.290. The molecule has 0 atom stereocenters. The van der Waals surface area contributed by atoms with E-state index < -0.39 is 0 Å². The molecule has 1 aliphatic heterocycles. The van der Waals surface area contributed by atoms with Gasteiger partial charge in [0.05, 0.1) is 36.9 Å². The third kappa shape index (κ3) is 9.21. The van der Waals surface area contributed by atoms with Crippen LogP contribution >= 0.6 is 0 Å². The molecule has 53 heavy (non-hydrogen) atoms. The number of hydrogen-bond acceptors (Lipinski definition) is 7. The Bertz CT molecular complexity index is 2030. The number of methoxy groups -OCH3 is 1. The smallest absolute Gasteiger partial charge is 0.152 e. The maximum absolute atomic E-state index is 6.53. The fourth-order valence-electron chi connectivity index (χ4n) is 7.36. The molecule has 0 spiro atoms. The number of benzene rings is 3. The third-order valence-corrected chi connectivity index (χ3v) is 10.2. The van der Waals surface area contributed by atoms with Crippen molar-refractivity contribution in [1.82, 2.24) is 14.7 Å². The summed E-state index contributed by atoms with van der Waals surface area (Å²) in [6.45, 7) is 9.03. The predicted molar refractivity (Wildman–Crippen MR) is 220 cm³/mol. The number of aliphatic imine (C=N–C) groups is 2. The summed E-state index contributed by atoms with van der Waals surface area (Å²) >= 11 is 0. The van der Waals surface area contributed by atoms with Crippen molar-refractivity contribution in [3.8, 4) is 11.4 Å². The van der Waals surface area contributed by atoms with E-state index in [0.717, 1.165) is 88.5 Å². The average Bonchev–Trinajstić information content (AvgIpc) is 3.82. The summed E-state index contributed by atoms with van der Waals surface area (Å²) in [6.07, 6.45) is 16.7. The number of allylic oxidation sites excluding steroid dienone is 4. The molecule has 0 radical (unpaired) electrons. The van der Waals surface area contributed by atoms with Gasteiger partial charge in [-0.15, -0.1) is 5.10 Å². The topological polar surface area (TPSA) is 119 Å². The van der Waals surface area contributed by atoms with Crippen molar-refractivity contribution >= 4 is 28.4 Å². The number of aromatic nitrogens is 2. The number of aryl methyl sites for hydroxylation is 2. The fraction of sp³-hybridized carbons (Fsp3) is 0.364. The van der Waals surface area contributed by atoms with E-state index in [0.29, 0.717) is 25.0 Å². The van der Waals surface area contributed by atoms with Crippen LogP contribution in [0.2, 0.25) is 0 Å². The van der Waals surface area contributed by atoms with Crippen molar-refractivity contribution < 1.29 is 4.74 Å². The second kappa shape index (κ2) is 18.0. The number of nitrogens with zero attached hydrogens (tertiary/aromatic N) is 6. The molecular formula is C44H54N8O. The van der Waals surface area contributed by atoms with Gasteiger partial charge in [-0.05, 0) is 80.0 Å². The first-order chi connectivity index (χ1) is 25.9. The number of nitrogens with two attached hydrogens (primary N) is 2. The Kier molecular flexibility index (Phi) is 12.7. The van der Waals surface area contributed by atoms with Gasteiger partial charge in [0.25, 0.3) is 0 Å². The van der Waals surface area contributed by atoms with Crippen LogP contribution in [0.4, 0.5) is 0 Å². The number of rotatable bonds is 16. The summed E-state index contributed by atoms with van der Waals surface area (Å²) < 4.78 is 8.01. The number of ether oxygens (including phenoxy) is 1. The molecular weight excluding hydrogens is 657 g/mol. The Hall–Kier alpha value is -5.28. The van der Waals surface area contributed by atoms with Crippen LogP contribution in [0.3, 0.4) is 0 Å². The number of hydrogen-bond donors (Lipinski definition) is 2. The molecule has 1 fully saturated rings. The van der Waals surface area contributed by atoms with E-state index in [4.69, 9.17) is 31.3 Å². The summed E-state index contributed by atoms with van der Waals surface area (Å²) in [7, 11) is 1.67. The van der Waals surface area contributed by atoms with Gasteiger partial charge in [0.1, 0.15) is 17.4 Å². The highest BCUT2D eigenvalue weighted by atomic mass is 16.5. The normalized spacial score (nSPS) is 15.8. The highest BCUT2D eigenvalue weighted by Gasteiger charge is 2.23. The van der Waals surface area contributed by atoms with Gasteiger partial charge in [-0.3, -0.25) is 4.99 Å². The molecule has 9 heteroatoms. The Morgan fingerprint density at radius 1 is 0.981 bits per heavy atom. The van der Waals surface area contributed by atoms with Crippen molar-refractivity contribution in [2.24, 2.45) is 26.7 Å². The second-order valence-electron chi connectivity index (χ2n) is 14.0. The number of hydrazine groups is 1. The van der Waals surface area contributed by atoms with Gasteiger partial charge in [0, 0.05) is 29.2 Å². The summed E-state index contributed by atoms with van der Waals surface area (Å²) in [5.74, 6) is 9.28. The van der Waals surface area contributed by atoms with Crippen molar-refractivity contribution in [2.75, 3.05) is 13.7 Å². The maximum Gasteiger partial charge on any atom is 0.152 e. The van der Waals surface area contributed by atoms with E-state index in [2.05, 4.69) is 77.8 Å². The number of unbranched alkanes of at least 4 members (excludes halogenated alkanes) is 1. The lowest BCUT2D eigenvalue weighted by atomic mass is 9.94. The van der Waals surface area contributed by atoms with Crippen molar-refractivity contribution in [3.05, 3.63) is 125 Å². The van der Waals surface area contributed by atoms with Crippen LogP contribution in [-0.4, -0.2) is 45.7 Å². The summed E-state index contributed by atoms with van der Waals surface area (Å²) in [6, 6.07) is 24.0. The first-order valence-corrected chi connectivity index (χ1v) is 19.1. The van der Waals surface area contributed by atoms with Gasteiger partial charge in [0.15, 0.2) is 5.84 Å². The first kappa shape index (κ1) is 37.5. The molecule has 0 amide bonds. The molecule has 6 rings (SSSR count). The van der Waals surface area contributed by atoms with Crippen LogP contribution in [0.5, 0.6) is 0 Å². The van der Waals surface area contributed by atoms with E-state index in [9.17, 15) is 0 Å². The van der Waals surface area contributed by atoms with Crippen LogP contribution < -0.4 is 11.6 Å². The van der Waals surface area contributed by atoms with E-state index in [1.54, 1.807) is 13.2 Å². The second-order valence-corrected chi connectivity index (χ2v) is 14.0. The SMILES string of the molecule is C=C/C=C(OC)\C(=C/C)C1=NC(CCc2ccc(-c3nc4cc(/C(N)=N/N(N)Cc5ccc(CCCC)cc5)ccc4n3C3CCCCC3)cc2)=NC1. The van der Waals surface area contributed by atoms with Crippen molar-refractivity contribution in [1.29, 1.82) is 0 Å². The standard InChI is InChI=1S/C44H54N8O/c1-5-8-13-31-16-18-33(19-17-31)30-51(46)50-43(45)35-25-26-40-38(28-35)49-44(52(40)36-14-10-9-11-15-36)34-23-20-32(21-24-34)22-27-42-47-29-39(48-42)37(7-3)41(53-4)12-6-2/h6-7,12,16-21,23-26,28,36H,2,5,8-11,13-15,22,27,29-30,46H2,1,3-4H3,(H2,45,50)/b37-7-,41-12+. The Morgan fingerprint density at radius 2 is 1.70 bits per heavy atom. The number of hydrazone groups is 1.